The summed E-state index contributed by atoms with van der Waals surface area (Å²) in [5.41, 5.74) is 0.575. The Morgan fingerprint density at radius 1 is 0.909 bits per heavy atom. The molecule has 114 valence electrons. The molecular formula is C16H15NO5. The van der Waals surface area contributed by atoms with E-state index in [0.717, 1.165) is 5.56 Å². The van der Waals surface area contributed by atoms with Crippen LogP contribution in [-0.2, 0) is 9.47 Å². The number of aromatic nitrogens is 1. The lowest BCUT2D eigenvalue weighted by atomic mass is 10.1. The van der Waals surface area contributed by atoms with Crippen molar-refractivity contribution in [3.05, 3.63) is 63.6 Å². The number of ether oxygens (including phenoxy) is 2. The Kier molecular flexibility index (Phi) is 4.41. The second-order valence-electron chi connectivity index (χ2n) is 4.64. The molecule has 6 nitrogen and oxygen atoms in total. The van der Waals surface area contributed by atoms with E-state index in [9.17, 15) is 14.4 Å². The Morgan fingerprint density at radius 3 is 1.77 bits per heavy atom. The standard InChI is InChI=1S/C16H15NO5/c1-10-4-6-11(7-5-10)17-8-12(15(19)21-2)14(18)13(9-17)16(20)22-3/h4-9H,1-3H3. The van der Waals surface area contributed by atoms with Crippen LogP contribution in [0.25, 0.3) is 5.69 Å². The van der Waals surface area contributed by atoms with Gasteiger partial charge in [0.15, 0.2) is 0 Å². The van der Waals surface area contributed by atoms with Gasteiger partial charge in [-0.15, -0.1) is 0 Å². The molecule has 0 saturated carbocycles. The van der Waals surface area contributed by atoms with E-state index < -0.39 is 17.4 Å². The quantitative estimate of drug-likeness (QED) is 0.807. The number of aryl methyl sites for hydroxylation is 1. The van der Waals surface area contributed by atoms with Crippen LogP contribution in [0.4, 0.5) is 0 Å². The molecule has 0 atom stereocenters. The minimum atomic E-state index is -0.809. The van der Waals surface area contributed by atoms with Crippen molar-refractivity contribution in [1.29, 1.82) is 0 Å². The summed E-state index contributed by atoms with van der Waals surface area (Å²) < 4.78 is 10.7. The van der Waals surface area contributed by atoms with Crippen molar-refractivity contribution in [2.75, 3.05) is 14.2 Å². The molecule has 1 aromatic heterocycles. The van der Waals surface area contributed by atoms with E-state index in [1.165, 1.54) is 31.2 Å². The first-order valence-corrected chi connectivity index (χ1v) is 6.48. The van der Waals surface area contributed by atoms with Gasteiger partial charge in [0.2, 0.25) is 5.43 Å². The van der Waals surface area contributed by atoms with Crippen LogP contribution in [0.3, 0.4) is 0 Å². The number of carbonyl (C=O) groups excluding carboxylic acids is 2. The highest BCUT2D eigenvalue weighted by atomic mass is 16.5. The highest BCUT2D eigenvalue weighted by molar-refractivity contribution is 5.94. The molecule has 1 heterocycles. The molecule has 2 rings (SSSR count). The first kappa shape index (κ1) is 15.5. The van der Waals surface area contributed by atoms with Crippen LogP contribution in [0.1, 0.15) is 26.3 Å². The number of methoxy groups -OCH3 is 2. The summed E-state index contributed by atoms with van der Waals surface area (Å²) in [5, 5.41) is 0. The lowest BCUT2D eigenvalue weighted by Crippen LogP contribution is -2.25. The van der Waals surface area contributed by atoms with Crippen molar-refractivity contribution < 1.29 is 19.1 Å². The van der Waals surface area contributed by atoms with E-state index in [2.05, 4.69) is 9.47 Å². The first-order valence-electron chi connectivity index (χ1n) is 6.48. The number of benzene rings is 1. The highest BCUT2D eigenvalue weighted by Crippen LogP contribution is 2.11. The molecule has 22 heavy (non-hydrogen) atoms. The molecule has 0 amide bonds. The van der Waals surface area contributed by atoms with Crippen molar-refractivity contribution >= 4 is 11.9 Å². The maximum Gasteiger partial charge on any atom is 0.343 e. The van der Waals surface area contributed by atoms with Gasteiger partial charge in [0.05, 0.1) is 14.2 Å². The molecule has 6 heteroatoms. The summed E-state index contributed by atoms with van der Waals surface area (Å²) in [5.74, 6) is -1.62. The molecule has 0 saturated heterocycles. The van der Waals surface area contributed by atoms with E-state index in [-0.39, 0.29) is 11.1 Å². The molecule has 1 aromatic carbocycles. The van der Waals surface area contributed by atoms with Gasteiger partial charge >= 0.3 is 11.9 Å². The predicted octanol–water partition coefficient (Wildman–Crippen LogP) is 1.72. The lowest BCUT2D eigenvalue weighted by molar-refractivity contribution is 0.0595. The Balaban J connectivity index is 2.69. The molecular weight excluding hydrogens is 286 g/mol. The number of nitrogens with zero attached hydrogens (tertiary/aromatic N) is 1. The van der Waals surface area contributed by atoms with Crippen LogP contribution in [0.2, 0.25) is 0 Å². The van der Waals surface area contributed by atoms with Crippen molar-refractivity contribution in [3.8, 4) is 5.69 Å². The third-order valence-corrected chi connectivity index (χ3v) is 3.17. The fraction of sp³-hybridized carbons (Fsp3) is 0.188. The Bertz CT molecular complexity index is 734. The van der Waals surface area contributed by atoms with E-state index >= 15 is 0 Å². The SMILES string of the molecule is COC(=O)c1cn(-c2ccc(C)cc2)cc(C(=O)OC)c1=O. The normalized spacial score (nSPS) is 10.1. The maximum absolute atomic E-state index is 12.2. The number of pyridine rings is 1. The smallest absolute Gasteiger partial charge is 0.343 e. The Hall–Kier alpha value is -2.89. The average molecular weight is 301 g/mol. The van der Waals surface area contributed by atoms with Gasteiger partial charge < -0.3 is 14.0 Å². The van der Waals surface area contributed by atoms with Gasteiger partial charge in [-0.1, -0.05) is 17.7 Å². The fourth-order valence-electron chi connectivity index (χ4n) is 1.95. The van der Waals surface area contributed by atoms with E-state index in [0.29, 0.717) is 5.69 Å². The van der Waals surface area contributed by atoms with Crippen LogP contribution < -0.4 is 5.43 Å². The summed E-state index contributed by atoms with van der Waals surface area (Å²) >= 11 is 0. The van der Waals surface area contributed by atoms with Gasteiger partial charge in [0, 0.05) is 18.1 Å². The number of hydrogen-bond acceptors (Lipinski definition) is 5. The zero-order valence-corrected chi connectivity index (χ0v) is 12.5. The minimum Gasteiger partial charge on any atom is -0.465 e. The summed E-state index contributed by atoms with van der Waals surface area (Å²) in [6, 6.07) is 7.37. The molecule has 0 aliphatic carbocycles. The van der Waals surface area contributed by atoms with Gasteiger partial charge in [0.25, 0.3) is 0 Å². The number of carbonyl (C=O) groups is 2. The number of esters is 2. The number of hydrogen-bond donors (Lipinski definition) is 0. The summed E-state index contributed by atoms with van der Waals surface area (Å²) in [7, 11) is 2.34. The molecule has 0 radical (unpaired) electrons. The molecule has 0 aliphatic heterocycles. The second-order valence-corrected chi connectivity index (χ2v) is 4.64. The van der Waals surface area contributed by atoms with Crippen LogP contribution in [0, 0.1) is 6.92 Å². The first-order chi connectivity index (χ1) is 10.5. The summed E-state index contributed by atoms with van der Waals surface area (Å²) in [6.07, 6.45) is 2.68. The van der Waals surface area contributed by atoms with Gasteiger partial charge in [-0.3, -0.25) is 4.79 Å². The minimum absolute atomic E-state index is 0.231. The topological polar surface area (TPSA) is 74.6 Å². The largest absolute Gasteiger partial charge is 0.465 e. The van der Waals surface area contributed by atoms with Gasteiger partial charge in [-0.05, 0) is 19.1 Å². The molecule has 0 unspecified atom stereocenters. The van der Waals surface area contributed by atoms with E-state index in [4.69, 9.17) is 0 Å². The summed E-state index contributed by atoms with van der Waals surface area (Å²) in [6.45, 7) is 1.94. The molecule has 2 aromatic rings. The zero-order chi connectivity index (χ0) is 16.3. The van der Waals surface area contributed by atoms with Crippen molar-refractivity contribution in [2.45, 2.75) is 6.92 Å². The Labute approximate surface area is 126 Å². The highest BCUT2D eigenvalue weighted by Gasteiger charge is 2.20. The third-order valence-electron chi connectivity index (χ3n) is 3.17. The van der Waals surface area contributed by atoms with E-state index in [1.807, 2.05) is 31.2 Å². The third kappa shape index (κ3) is 2.90. The predicted molar refractivity (Wildman–Crippen MR) is 79.5 cm³/mol. The van der Waals surface area contributed by atoms with Crippen molar-refractivity contribution in [3.63, 3.8) is 0 Å². The molecule has 0 N–H and O–H groups in total. The van der Waals surface area contributed by atoms with Gasteiger partial charge in [-0.2, -0.15) is 0 Å². The van der Waals surface area contributed by atoms with Crippen LogP contribution in [0.15, 0.2) is 41.5 Å². The maximum atomic E-state index is 12.2. The monoisotopic (exact) mass is 301 g/mol. The van der Waals surface area contributed by atoms with Gasteiger partial charge in [-0.25, -0.2) is 9.59 Å². The molecule has 0 fully saturated rings. The molecule has 0 aliphatic rings. The van der Waals surface area contributed by atoms with E-state index in [1.54, 1.807) is 0 Å². The van der Waals surface area contributed by atoms with Crippen molar-refractivity contribution in [2.24, 2.45) is 0 Å². The Morgan fingerprint density at radius 2 is 1.36 bits per heavy atom. The van der Waals surface area contributed by atoms with Gasteiger partial charge in [0.1, 0.15) is 11.1 Å². The zero-order valence-electron chi connectivity index (χ0n) is 12.5. The van der Waals surface area contributed by atoms with Crippen molar-refractivity contribution in [1.82, 2.24) is 4.57 Å². The average Bonchev–Trinajstić information content (AvgIpc) is 2.54. The van der Waals surface area contributed by atoms with Crippen LogP contribution in [-0.4, -0.2) is 30.7 Å². The lowest BCUT2D eigenvalue weighted by Gasteiger charge is -2.11. The van der Waals surface area contributed by atoms with Crippen LogP contribution in [0.5, 0.6) is 0 Å². The van der Waals surface area contributed by atoms with Crippen LogP contribution >= 0.6 is 0 Å². The summed E-state index contributed by atoms with van der Waals surface area (Å²) in [4.78, 5) is 35.7. The molecule has 0 spiro atoms. The molecule has 0 bridgehead atoms. The number of rotatable bonds is 3. The fourth-order valence-corrected chi connectivity index (χ4v) is 1.95. The second kappa shape index (κ2) is 6.26.